The van der Waals surface area contributed by atoms with Gasteiger partial charge in [0.1, 0.15) is 0 Å². The Labute approximate surface area is 189 Å². The zero-order chi connectivity index (χ0) is 22.8. The standard InChI is InChI=1S/C27H56NO2/c1-8-15-18-24(11-4)21-28(27(29)30-14-7,22-25(12-5)19-16-9-2)23-26(13-6)20-17-10-3/h24-26H,8-23H2,1-7H3/q+1. The summed E-state index contributed by atoms with van der Waals surface area (Å²) >= 11 is 0. The van der Waals surface area contributed by atoms with E-state index in [9.17, 15) is 4.79 Å². The molecule has 0 radical (unpaired) electrons. The van der Waals surface area contributed by atoms with Crippen molar-refractivity contribution in [3.8, 4) is 0 Å². The summed E-state index contributed by atoms with van der Waals surface area (Å²) in [5, 5.41) is 0. The number of unbranched alkanes of at least 4 members (excludes halogenated alkanes) is 3. The summed E-state index contributed by atoms with van der Waals surface area (Å²) in [6.07, 6.45) is 14.8. The highest BCUT2D eigenvalue weighted by Gasteiger charge is 2.43. The second-order valence-corrected chi connectivity index (χ2v) is 9.64. The maximum Gasteiger partial charge on any atom is 0.516 e. The highest BCUT2D eigenvalue weighted by atomic mass is 16.6. The van der Waals surface area contributed by atoms with Gasteiger partial charge in [0, 0.05) is 17.8 Å². The van der Waals surface area contributed by atoms with Gasteiger partial charge in [-0.3, -0.25) is 0 Å². The number of nitrogens with zero attached hydrogens (tertiary/aromatic N) is 1. The first-order chi connectivity index (χ1) is 14.5. The molecule has 0 aliphatic carbocycles. The summed E-state index contributed by atoms with van der Waals surface area (Å²) in [4.78, 5) is 13.6. The lowest BCUT2D eigenvalue weighted by Gasteiger charge is -2.41. The molecule has 0 bridgehead atoms. The molecule has 0 saturated carbocycles. The molecule has 180 valence electrons. The first-order valence-corrected chi connectivity index (χ1v) is 13.5. The van der Waals surface area contributed by atoms with Crippen LogP contribution < -0.4 is 0 Å². The van der Waals surface area contributed by atoms with E-state index in [0.29, 0.717) is 28.8 Å². The Balaban J connectivity index is 5.92. The SMILES string of the molecule is CCCCC(CC)C[N+](CC(CC)CCCC)(CC(CC)CCCC)C(=O)OCC. The van der Waals surface area contributed by atoms with Crippen LogP contribution in [0.25, 0.3) is 0 Å². The van der Waals surface area contributed by atoms with Gasteiger partial charge in [0.05, 0.1) is 26.2 Å². The highest BCUT2D eigenvalue weighted by molar-refractivity contribution is 5.59. The predicted molar refractivity (Wildman–Crippen MR) is 132 cm³/mol. The predicted octanol–water partition coefficient (Wildman–Crippen LogP) is 8.61. The van der Waals surface area contributed by atoms with Gasteiger partial charge in [0.15, 0.2) is 0 Å². The summed E-state index contributed by atoms with van der Waals surface area (Å²) in [5.41, 5.74) is 0. The topological polar surface area (TPSA) is 26.3 Å². The molecule has 0 spiro atoms. The third-order valence-corrected chi connectivity index (χ3v) is 7.11. The van der Waals surface area contributed by atoms with Gasteiger partial charge < -0.3 is 4.74 Å². The molecule has 0 N–H and O–H groups in total. The zero-order valence-electron chi connectivity index (χ0n) is 21.8. The summed E-state index contributed by atoms with van der Waals surface area (Å²) in [6, 6.07) is 0. The first-order valence-electron chi connectivity index (χ1n) is 13.5. The molecule has 0 rings (SSSR count). The number of quaternary nitrogens is 1. The van der Waals surface area contributed by atoms with Crippen molar-refractivity contribution in [2.45, 2.75) is 126 Å². The lowest BCUT2D eigenvalue weighted by atomic mass is 9.91. The Hall–Kier alpha value is -0.570. The molecule has 3 atom stereocenters. The van der Waals surface area contributed by atoms with E-state index in [1.165, 1.54) is 57.8 Å². The summed E-state index contributed by atoms with van der Waals surface area (Å²) < 4.78 is 6.36. The van der Waals surface area contributed by atoms with Crippen LogP contribution in [0.2, 0.25) is 0 Å². The Morgan fingerprint density at radius 2 is 0.967 bits per heavy atom. The smallest absolute Gasteiger partial charge is 0.420 e. The normalized spacial score (nSPS) is 16.6. The Kier molecular flexibility index (Phi) is 17.7. The molecule has 0 aliphatic heterocycles. The zero-order valence-corrected chi connectivity index (χ0v) is 21.8. The van der Waals surface area contributed by atoms with Gasteiger partial charge in [0.2, 0.25) is 0 Å². The minimum Gasteiger partial charge on any atom is -0.420 e. The lowest BCUT2D eigenvalue weighted by molar-refractivity contribution is -0.868. The molecule has 0 fully saturated rings. The van der Waals surface area contributed by atoms with Crippen molar-refractivity contribution < 1.29 is 14.0 Å². The Morgan fingerprint density at radius 3 is 1.20 bits per heavy atom. The van der Waals surface area contributed by atoms with Gasteiger partial charge in [-0.05, 0) is 45.4 Å². The van der Waals surface area contributed by atoms with Crippen LogP contribution >= 0.6 is 0 Å². The third kappa shape index (κ3) is 11.2. The minimum atomic E-state index is 0.0531. The van der Waals surface area contributed by atoms with Crippen molar-refractivity contribution in [2.24, 2.45) is 17.8 Å². The van der Waals surface area contributed by atoms with E-state index < -0.39 is 0 Å². The molecule has 3 heteroatoms. The maximum atomic E-state index is 13.6. The number of ether oxygens (including phenoxy) is 1. The second kappa shape index (κ2) is 18.0. The molecule has 0 aliphatic rings. The number of amides is 1. The van der Waals surface area contributed by atoms with Gasteiger partial charge in [-0.15, -0.1) is 0 Å². The number of rotatable bonds is 19. The molecule has 3 nitrogen and oxygen atoms in total. The van der Waals surface area contributed by atoms with Crippen molar-refractivity contribution >= 4 is 6.09 Å². The average Bonchev–Trinajstić information content (AvgIpc) is 2.76. The van der Waals surface area contributed by atoms with Crippen LogP contribution in [0.4, 0.5) is 4.79 Å². The van der Waals surface area contributed by atoms with E-state index in [1.54, 1.807) is 0 Å². The van der Waals surface area contributed by atoms with Crippen molar-refractivity contribution in [3.63, 3.8) is 0 Å². The van der Waals surface area contributed by atoms with Gasteiger partial charge in [-0.2, -0.15) is 4.79 Å². The fourth-order valence-corrected chi connectivity index (χ4v) is 4.94. The number of hydrogen-bond acceptors (Lipinski definition) is 2. The second-order valence-electron chi connectivity index (χ2n) is 9.64. The molecular weight excluding hydrogens is 370 g/mol. The van der Waals surface area contributed by atoms with Crippen LogP contribution in [0.1, 0.15) is 126 Å². The lowest BCUT2D eigenvalue weighted by Crippen LogP contribution is -2.59. The van der Waals surface area contributed by atoms with E-state index >= 15 is 0 Å². The molecule has 0 aromatic heterocycles. The Bertz CT molecular complexity index is 364. The van der Waals surface area contributed by atoms with E-state index in [0.717, 1.165) is 38.9 Å². The number of carbonyl (C=O) groups excluding carboxylic acids is 1. The molecule has 0 heterocycles. The largest absolute Gasteiger partial charge is 0.516 e. The fourth-order valence-electron chi connectivity index (χ4n) is 4.94. The van der Waals surface area contributed by atoms with Gasteiger partial charge in [0.25, 0.3) is 0 Å². The van der Waals surface area contributed by atoms with Crippen LogP contribution in [0, 0.1) is 17.8 Å². The van der Waals surface area contributed by atoms with Crippen LogP contribution in [-0.2, 0) is 4.74 Å². The van der Waals surface area contributed by atoms with E-state index in [4.69, 9.17) is 4.74 Å². The monoisotopic (exact) mass is 426 g/mol. The van der Waals surface area contributed by atoms with Crippen LogP contribution in [0.5, 0.6) is 0 Å². The number of carbonyl (C=O) groups is 1. The van der Waals surface area contributed by atoms with Crippen LogP contribution in [-0.4, -0.2) is 36.8 Å². The maximum absolute atomic E-state index is 13.6. The van der Waals surface area contributed by atoms with Crippen molar-refractivity contribution in [1.29, 1.82) is 0 Å². The quantitative estimate of drug-likeness (QED) is 0.193. The average molecular weight is 427 g/mol. The number of hydrogen-bond donors (Lipinski definition) is 0. The van der Waals surface area contributed by atoms with Crippen LogP contribution in [0.15, 0.2) is 0 Å². The molecule has 30 heavy (non-hydrogen) atoms. The summed E-state index contributed by atoms with van der Waals surface area (Å²) in [7, 11) is 0. The van der Waals surface area contributed by atoms with Crippen LogP contribution in [0.3, 0.4) is 0 Å². The van der Waals surface area contributed by atoms with Crippen molar-refractivity contribution in [3.05, 3.63) is 0 Å². The van der Waals surface area contributed by atoms with Gasteiger partial charge in [-0.25, -0.2) is 4.48 Å². The van der Waals surface area contributed by atoms with E-state index in [1.807, 2.05) is 6.92 Å². The summed E-state index contributed by atoms with van der Waals surface area (Å²) in [6.45, 7) is 19.1. The van der Waals surface area contributed by atoms with Crippen molar-refractivity contribution in [1.82, 2.24) is 0 Å². The molecule has 1 amide bonds. The highest BCUT2D eigenvalue weighted by Crippen LogP contribution is 2.29. The van der Waals surface area contributed by atoms with Gasteiger partial charge in [-0.1, -0.05) is 80.1 Å². The fraction of sp³-hybridized carbons (Fsp3) is 0.963. The molecule has 0 saturated heterocycles. The minimum absolute atomic E-state index is 0.0531. The first kappa shape index (κ1) is 29.4. The third-order valence-electron chi connectivity index (χ3n) is 7.11. The summed E-state index contributed by atoms with van der Waals surface area (Å²) in [5.74, 6) is 1.84. The molecule has 0 aromatic rings. The van der Waals surface area contributed by atoms with Gasteiger partial charge >= 0.3 is 6.09 Å². The molecule has 3 unspecified atom stereocenters. The molecule has 0 aromatic carbocycles. The van der Waals surface area contributed by atoms with Crippen molar-refractivity contribution in [2.75, 3.05) is 26.2 Å². The van der Waals surface area contributed by atoms with E-state index in [-0.39, 0.29) is 6.09 Å². The molecular formula is C27H56NO2+. The van der Waals surface area contributed by atoms with E-state index in [2.05, 4.69) is 41.5 Å². The Morgan fingerprint density at radius 1 is 0.633 bits per heavy atom.